The fourth-order valence-electron chi connectivity index (χ4n) is 5.60. The van der Waals surface area contributed by atoms with Crippen molar-refractivity contribution >= 4 is 68.8 Å². The third-order valence-corrected chi connectivity index (χ3v) is 8.73. The number of aromatic nitrogens is 4. The Labute approximate surface area is 294 Å². The summed E-state index contributed by atoms with van der Waals surface area (Å²) in [5.41, 5.74) is 5.38. The lowest BCUT2D eigenvalue weighted by atomic mass is 10.0. The van der Waals surface area contributed by atoms with Crippen LogP contribution in [0.1, 0.15) is 33.1 Å². The van der Waals surface area contributed by atoms with Crippen molar-refractivity contribution < 1.29 is 14.3 Å². The van der Waals surface area contributed by atoms with Crippen LogP contribution in [0.15, 0.2) is 84.9 Å². The predicted molar refractivity (Wildman–Crippen MR) is 197 cm³/mol. The Morgan fingerprint density at radius 2 is 1.24 bits per heavy atom. The molecule has 0 spiro atoms. The quantitative estimate of drug-likeness (QED) is 0.138. The molecule has 4 aromatic carbocycles. The lowest BCUT2D eigenvalue weighted by molar-refractivity contribution is 0.147. The van der Waals surface area contributed by atoms with Gasteiger partial charge in [-0.25, -0.2) is 9.59 Å². The Kier molecular flexibility index (Phi) is 10.7. The number of fused-ring (bicyclic) bond motifs is 2. The van der Waals surface area contributed by atoms with Gasteiger partial charge in [-0.3, -0.25) is 20.8 Å². The van der Waals surface area contributed by atoms with Gasteiger partial charge in [-0.15, -0.1) is 0 Å². The molecule has 0 radical (unpaired) electrons. The minimum absolute atomic E-state index is 0.0932. The zero-order valence-electron chi connectivity index (χ0n) is 27.2. The van der Waals surface area contributed by atoms with Gasteiger partial charge >= 0.3 is 12.1 Å². The summed E-state index contributed by atoms with van der Waals surface area (Å²) in [7, 11) is 0. The van der Waals surface area contributed by atoms with Gasteiger partial charge in [-0.1, -0.05) is 97.7 Å². The van der Waals surface area contributed by atoms with Crippen LogP contribution in [0.3, 0.4) is 0 Å². The zero-order valence-corrected chi connectivity index (χ0v) is 28.7. The van der Waals surface area contributed by atoms with Gasteiger partial charge < -0.3 is 9.64 Å². The third-order valence-electron chi connectivity index (χ3n) is 8.11. The predicted octanol–water partition coefficient (Wildman–Crippen LogP) is 9.99. The molecule has 49 heavy (non-hydrogen) atoms. The molecule has 1 aliphatic rings. The van der Waals surface area contributed by atoms with Crippen molar-refractivity contribution in [2.75, 3.05) is 30.3 Å². The van der Waals surface area contributed by atoms with E-state index in [1.54, 1.807) is 6.07 Å². The molecule has 3 amide bonds. The van der Waals surface area contributed by atoms with Crippen LogP contribution in [-0.4, -0.2) is 57.1 Å². The maximum absolute atomic E-state index is 12.5. The summed E-state index contributed by atoms with van der Waals surface area (Å²) in [6.07, 6.45) is 2.78. The van der Waals surface area contributed by atoms with E-state index in [2.05, 4.69) is 31.0 Å². The molecule has 0 unspecified atom stereocenters. The number of hydrogen-bond donors (Lipinski definition) is 4. The molecule has 12 heteroatoms. The van der Waals surface area contributed by atoms with Crippen molar-refractivity contribution in [3.05, 3.63) is 95.0 Å². The molecule has 7 rings (SSSR count). The lowest BCUT2D eigenvalue weighted by Crippen LogP contribution is -2.38. The van der Waals surface area contributed by atoms with Crippen LogP contribution < -0.4 is 10.6 Å². The van der Waals surface area contributed by atoms with Crippen molar-refractivity contribution in [1.29, 1.82) is 0 Å². The highest BCUT2D eigenvalue weighted by Crippen LogP contribution is 2.35. The summed E-state index contributed by atoms with van der Waals surface area (Å²) in [5.74, 6) is 1.24. The van der Waals surface area contributed by atoms with Crippen molar-refractivity contribution in [3.63, 3.8) is 0 Å². The molecule has 0 saturated carbocycles. The molecule has 3 heterocycles. The van der Waals surface area contributed by atoms with Gasteiger partial charge in [0.25, 0.3) is 0 Å². The maximum Gasteiger partial charge on any atom is 0.412 e. The zero-order chi connectivity index (χ0) is 34.3. The second-order valence-electron chi connectivity index (χ2n) is 12.2. The highest BCUT2D eigenvalue weighted by Gasteiger charge is 2.19. The summed E-state index contributed by atoms with van der Waals surface area (Å²) < 4.78 is 5.13. The summed E-state index contributed by atoms with van der Waals surface area (Å²) in [4.78, 5) is 26.2. The molecular formula is C37H37Cl2N7O3. The third kappa shape index (κ3) is 8.16. The number of nitrogens with one attached hydrogen (secondary N) is 4. The van der Waals surface area contributed by atoms with Crippen LogP contribution in [0.25, 0.3) is 44.1 Å². The largest absolute Gasteiger partial charge is 0.449 e. The fraction of sp³-hybridized carbons (Fsp3) is 0.243. The summed E-state index contributed by atoms with van der Waals surface area (Å²) in [6.45, 7) is 5.91. The van der Waals surface area contributed by atoms with Crippen LogP contribution in [0.4, 0.5) is 21.2 Å². The number of hydrogen-bond acceptors (Lipinski definition) is 5. The topological polar surface area (TPSA) is 128 Å². The Morgan fingerprint density at radius 3 is 1.73 bits per heavy atom. The van der Waals surface area contributed by atoms with E-state index in [1.807, 2.05) is 97.6 Å². The second kappa shape index (κ2) is 15.4. The minimum atomic E-state index is -0.520. The molecular weight excluding hydrogens is 661 g/mol. The number of aromatic amines is 2. The van der Waals surface area contributed by atoms with E-state index >= 15 is 0 Å². The van der Waals surface area contributed by atoms with Crippen LogP contribution in [-0.2, 0) is 4.74 Å². The van der Waals surface area contributed by atoms with Crippen molar-refractivity contribution in [2.45, 2.75) is 33.1 Å². The van der Waals surface area contributed by atoms with Crippen LogP contribution in [0.5, 0.6) is 0 Å². The Hall–Kier alpha value is -5.06. The summed E-state index contributed by atoms with van der Waals surface area (Å²) in [6, 6.07) is 27.2. The second-order valence-corrected chi connectivity index (χ2v) is 13.0. The molecule has 0 aliphatic carbocycles. The Bertz CT molecular complexity index is 2060. The fourth-order valence-corrected chi connectivity index (χ4v) is 6.14. The molecule has 1 fully saturated rings. The Morgan fingerprint density at radius 1 is 0.755 bits per heavy atom. The monoisotopic (exact) mass is 697 g/mol. The summed E-state index contributed by atoms with van der Waals surface area (Å²) >= 11 is 12.8. The Balaban J connectivity index is 0.000000170. The number of carbonyl (C=O) groups excluding carboxylic acids is 2. The first-order valence-electron chi connectivity index (χ1n) is 16.2. The minimum Gasteiger partial charge on any atom is -0.449 e. The summed E-state index contributed by atoms with van der Waals surface area (Å²) in [5, 5.41) is 22.7. The number of likely N-dealkylation sites (tertiary alicyclic amines) is 1. The number of urea groups is 1. The van der Waals surface area contributed by atoms with Gasteiger partial charge in [0.1, 0.15) is 0 Å². The SMILES string of the molecule is CC(C)COC(=O)Nc1n[nH]c2cc(Cl)c(-c3ccccc3)cc12.O=C(Nc1n[nH]c2cc(Cl)c(-c3ccccc3)cc12)N1CCCCC1. The van der Waals surface area contributed by atoms with Crippen molar-refractivity contribution in [3.8, 4) is 22.3 Å². The number of ether oxygens (including phenoxy) is 1. The number of benzene rings is 4. The molecule has 0 bridgehead atoms. The highest BCUT2D eigenvalue weighted by molar-refractivity contribution is 6.34. The average Bonchev–Trinajstić information content (AvgIpc) is 3.70. The first-order valence-corrected chi connectivity index (χ1v) is 17.0. The van der Waals surface area contributed by atoms with Crippen LogP contribution >= 0.6 is 23.2 Å². The molecule has 4 N–H and O–H groups in total. The molecule has 10 nitrogen and oxygen atoms in total. The van der Waals surface area contributed by atoms with Crippen LogP contribution in [0.2, 0.25) is 10.0 Å². The van der Waals surface area contributed by atoms with Gasteiger partial charge in [0, 0.05) is 35.0 Å². The standard InChI is InChI=1S/C19H19ClN4O.C18H18ClN3O2/c20-16-12-17-15(11-14(16)13-7-3-1-4-8-13)18(23-22-17)21-19(25)24-9-5-2-6-10-24;1-11(2)10-24-18(23)20-17-14-8-13(12-6-4-3-5-7-12)15(19)9-16(14)21-22-17/h1,3-4,7-8,11-12H,2,5-6,9-10H2,(H2,21,22,23,25);3-9,11H,10H2,1-2H3,(H2,20,21,22,23). The van der Waals surface area contributed by atoms with Gasteiger partial charge in [-0.2, -0.15) is 10.2 Å². The molecule has 2 aromatic heterocycles. The van der Waals surface area contributed by atoms with Gasteiger partial charge in [-0.05, 0) is 60.6 Å². The number of anilines is 2. The number of H-pyrrole nitrogens is 2. The van der Waals surface area contributed by atoms with Crippen LogP contribution in [0, 0.1) is 5.92 Å². The molecule has 0 atom stereocenters. The molecule has 252 valence electrons. The van der Waals surface area contributed by atoms with Crippen molar-refractivity contribution in [2.24, 2.45) is 5.92 Å². The first kappa shape index (κ1) is 33.8. The van der Waals surface area contributed by atoms with Crippen molar-refractivity contribution in [1.82, 2.24) is 25.3 Å². The molecule has 6 aromatic rings. The highest BCUT2D eigenvalue weighted by atomic mass is 35.5. The van der Waals surface area contributed by atoms with E-state index < -0.39 is 6.09 Å². The maximum atomic E-state index is 12.5. The first-order chi connectivity index (χ1) is 23.8. The van der Waals surface area contributed by atoms with E-state index in [1.165, 1.54) is 6.42 Å². The van der Waals surface area contributed by atoms with E-state index in [0.29, 0.717) is 28.3 Å². The number of halogens is 2. The van der Waals surface area contributed by atoms with E-state index in [0.717, 1.165) is 70.0 Å². The van der Waals surface area contributed by atoms with Gasteiger partial charge in [0.2, 0.25) is 0 Å². The number of piperidine rings is 1. The number of amides is 3. The van der Waals surface area contributed by atoms with E-state index in [4.69, 9.17) is 27.9 Å². The number of rotatable bonds is 6. The average molecular weight is 699 g/mol. The lowest BCUT2D eigenvalue weighted by Gasteiger charge is -2.26. The molecule has 1 aliphatic heterocycles. The van der Waals surface area contributed by atoms with E-state index in [-0.39, 0.29) is 11.9 Å². The van der Waals surface area contributed by atoms with Gasteiger partial charge in [0.15, 0.2) is 11.6 Å². The number of nitrogens with zero attached hydrogens (tertiary/aromatic N) is 3. The van der Waals surface area contributed by atoms with Gasteiger partial charge in [0.05, 0.1) is 27.7 Å². The molecule has 1 saturated heterocycles. The smallest absolute Gasteiger partial charge is 0.412 e. The normalized spacial score (nSPS) is 12.9. The van der Waals surface area contributed by atoms with E-state index in [9.17, 15) is 9.59 Å². The number of carbonyl (C=O) groups is 2.